The zero-order valence-electron chi connectivity index (χ0n) is 12.2. The summed E-state index contributed by atoms with van der Waals surface area (Å²) in [6.45, 7) is 2.14. The number of aryl methyl sites for hydroxylation is 1. The number of halogens is 1. The smallest absolute Gasteiger partial charge is 0.270 e. The highest BCUT2D eigenvalue weighted by Crippen LogP contribution is 2.33. The average Bonchev–Trinajstić information content (AvgIpc) is 2.84. The molecule has 3 N–H and O–H groups in total. The van der Waals surface area contributed by atoms with Crippen LogP contribution in [0.15, 0.2) is 36.4 Å². The second kappa shape index (κ2) is 6.07. The Hall–Kier alpha value is -1.91. The monoisotopic (exact) mass is 331 g/mol. The minimum Gasteiger partial charge on any atom is -0.397 e. The highest BCUT2D eigenvalue weighted by Gasteiger charge is 2.21. The lowest BCUT2D eigenvalue weighted by molar-refractivity contribution is -0.354. The summed E-state index contributed by atoms with van der Waals surface area (Å²) in [5.41, 5.74) is 8.46. The molecule has 0 bridgehead atoms. The summed E-state index contributed by atoms with van der Waals surface area (Å²) in [5.74, 6) is -0.0687. The molecule has 3 rings (SSSR count). The first-order chi connectivity index (χ1) is 10.6. The number of hydrogen-bond acceptors (Lipinski definition) is 3. The van der Waals surface area contributed by atoms with Gasteiger partial charge in [0, 0.05) is 23.1 Å². The summed E-state index contributed by atoms with van der Waals surface area (Å²) in [6, 6.07) is 10.9. The van der Waals surface area contributed by atoms with E-state index in [4.69, 9.17) is 17.3 Å². The van der Waals surface area contributed by atoms with Crippen LogP contribution in [-0.2, 0) is 6.42 Å². The molecule has 0 spiro atoms. The fraction of sp³-hybridized carbons (Fsp3) is 0.176. The number of H-pyrrole nitrogens is 1. The van der Waals surface area contributed by atoms with Gasteiger partial charge in [-0.15, -0.1) is 0 Å². The number of ketones is 1. The number of anilines is 1. The van der Waals surface area contributed by atoms with E-state index >= 15 is 0 Å². The number of carbonyl (C=O) groups excluding carboxylic acids is 1. The second-order valence-electron chi connectivity index (χ2n) is 5.16. The van der Waals surface area contributed by atoms with E-state index < -0.39 is 0 Å². The van der Waals surface area contributed by atoms with Crippen LogP contribution in [0.2, 0.25) is 5.02 Å². The second-order valence-corrected chi connectivity index (χ2v) is 6.61. The molecule has 2 aromatic heterocycles. The summed E-state index contributed by atoms with van der Waals surface area (Å²) in [7, 11) is 0. The van der Waals surface area contributed by atoms with Gasteiger partial charge in [-0.3, -0.25) is 4.79 Å². The average molecular weight is 332 g/mol. The number of nitrogen functional groups attached to an aromatic ring is 1. The molecule has 0 aliphatic heterocycles. The van der Waals surface area contributed by atoms with Crippen LogP contribution in [-0.4, -0.2) is 5.78 Å². The third-order valence-electron chi connectivity index (χ3n) is 3.54. The number of rotatable bonds is 4. The third kappa shape index (κ3) is 2.72. The van der Waals surface area contributed by atoms with Gasteiger partial charge < -0.3 is 5.73 Å². The molecule has 3 aromatic rings. The molecule has 1 aromatic carbocycles. The first-order valence-electron chi connectivity index (χ1n) is 7.13. The van der Waals surface area contributed by atoms with Crippen LogP contribution in [0.25, 0.3) is 10.2 Å². The van der Waals surface area contributed by atoms with Gasteiger partial charge in [-0.25, -0.2) is 0 Å². The molecular weight excluding hydrogens is 316 g/mol. The molecule has 0 radical (unpaired) electrons. The van der Waals surface area contributed by atoms with Crippen molar-refractivity contribution in [3.8, 4) is 0 Å². The minimum atomic E-state index is -0.0687. The van der Waals surface area contributed by atoms with E-state index in [1.165, 1.54) is 11.3 Å². The molecule has 0 amide bonds. The van der Waals surface area contributed by atoms with E-state index in [1.807, 2.05) is 12.1 Å². The van der Waals surface area contributed by atoms with E-state index in [0.29, 0.717) is 21.2 Å². The van der Waals surface area contributed by atoms with E-state index in [2.05, 4.69) is 11.9 Å². The molecule has 0 saturated heterocycles. The van der Waals surface area contributed by atoms with E-state index in [-0.39, 0.29) is 5.78 Å². The quantitative estimate of drug-likeness (QED) is 0.730. The van der Waals surface area contributed by atoms with Crippen molar-refractivity contribution >= 4 is 44.6 Å². The Morgan fingerprint density at radius 2 is 1.95 bits per heavy atom. The number of benzene rings is 1. The van der Waals surface area contributed by atoms with Crippen molar-refractivity contribution in [1.29, 1.82) is 0 Å². The van der Waals surface area contributed by atoms with E-state index in [1.54, 1.807) is 24.3 Å². The van der Waals surface area contributed by atoms with Crippen molar-refractivity contribution in [3.63, 3.8) is 0 Å². The van der Waals surface area contributed by atoms with Crippen molar-refractivity contribution in [2.45, 2.75) is 19.8 Å². The predicted octanol–water partition coefficient (Wildman–Crippen LogP) is 4.13. The molecule has 0 unspecified atom stereocenters. The highest BCUT2D eigenvalue weighted by molar-refractivity contribution is 7.21. The molecule has 0 aliphatic carbocycles. The summed E-state index contributed by atoms with van der Waals surface area (Å²) >= 11 is 7.27. The van der Waals surface area contributed by atoms with Gasteiger partial charge in [-0.05, 0) is 36.8 Å². The van der Waals surface area contributed by atoms with Gasteiger partial charge in [0.2, 0.25) is 5.78 Å². The van der Waals surface area contributed by atoms with Crippen LogP contribution in [0.3, 0.4) is 0 Å². The van der Waals surface area contributed by atoms with Gasteiger partial charge in [0.05, 0.1) is 11.1 Å². The predicted molar refractivity (Wildman–Crippen MR) is 91.7 cm³/mol. The van der Waals surface area contributed by atoms with E-state index in [0.717, 1.165) is 28.8 Å². The van der Waals surface area contributed by atoms with Gasteiger partial charge in [-0.1, -0.05) is 29.9 Å². The number of hydrogen-bond donors (Lipinski definition) is 1. The standard InChI is InChI=1S/C17H15ClN2OS/c1-2-3-12-8-9-13-14(19)16(22-17(13)20-12)15(21)10-4-6-11(18)7-5-10/h4-9H,2-3,19H2,1H3/p+1. The Balaban J connectivity index is 2.05. The molecular formula is C17H16ClN2OS+. The number of nitrogens with two attached hydrogens (primary N) is 1. The lowest BCUT2D eigenvalue weighted by Crippen LogP contribution is -2.09. The number of aromatic nitrogens is 1. The van der Waals surface area contributed by atoms with Crippen LogP contribution < -0.4 is 10.7 Å². The molecule has 112 valence electrons. The summed E-state index contributed by atoms with van der Waals surface area (Å²) in [4.78, 5) is 17.5. The maximum absolute atomic E-state index is 12.6. The van der Waals surface area contributed by atoms with Gasteiger partial charge in [-0.2, -0.15) is 4.98 Å². The van der Waals surface area contributed by atoms with Crippen molar-refractivity contribution < 1.29 is 9.78 Å². The molecule has 0 atom stereocenters. The van der Waals surface area contributed by atoms with Crippen molar-refractivity contribution in [2.24, 2.45) is 0 Å². The van der Waals surface area contributed by atoms with Crippen molar-refractivity contribution in [1.82, 2.24) is 0 Å². The van der Waals surface area contributed by atoms with Crippen molar-refractivity contribution in [3.05, 3.63) is 57.6 Å². The summed E-state index contributed by atoms with van der Waals surface area (Å²) < 4.78 is 0. The lowest BCUT2D eigenvalue weighted by Gasteiger charge is -1.99. The van der Waals surface area contributed by atoms with Gasteiger partial charge in [0.25, 0.3) is 4.83 Å². The minimum absolute atomic E-state index is 0.0687. The Kier molecular flexibility index (Phi) is 4.14. The summed E-state index contributed by atoms with van der Waals surface area (Å²) in [5, 5.41) is 1.51. The number of thiophene rings is 1. The van der Waals surface area contributed by atoms with Gasteiger partial charge in [0.1, 0.15) is 4.88 Å². The first-order valence-corrected chi connectivity index (χ1v) is 8.33. The third-order valence-corrected chi connectivity index (χ3v) is 4.93. The molecule has 5 heteroatoms. The molecule has 2 heterocycles. The fourth-order valence-electron chi connectivity index (χ4n) is 2.40. The molecule has 0 saturated carbocycles. The normalized spacial score (nSPS) is 11.0. The maximum atomic E-state index is 12.6. The SMILES string of the molecule is CCCc1ccc2c(N)c(C(=O)c3ccc(Cl)cc3)sc2[nH+]1. The Morgan fingerprint density at radius 3 is 2.64 bits per heavy atom. The molecule has 22 heavy (non-hydrogen) atoms. The number of aromatic amines is 1. The van der Waals surface area contributed by atoms with E-state index in [9.17, 15) is 4.79 Å². The van der Waals surface area contributed by atoms with Crippen LogP contribution in [0.1, 0.15) is 34.3 Å². The van der Waals surface area contributed by atoms with Crippen LogP contribution in [0.4, 0.5) is 5.69 Å². The summed E-state index contributed by atoms with van der Waals surface area (Å²) in [6.07, 6.45) is 2.05. The van der Waals surface area contributed by atoms with Gasteiger partial charge >= 0.3 is 0 Å². The Morgan fingerprint density at radius 1 is 1.23 bits per heavy atom. The molecule has 3 nitrogen and oxygen atoms in total. The highest BCUT2D eigenvalue weighted by atomic mass is 35.5. The van der Waals surface area contributed by atoms with Crippen LogP contribution in [0.5, 0.6) is 0 Å². The number of pyridine rings is 1. The fourth-order valence-corrected chi connectivity index (χ4v) is 3.63. The van der Waals surface area contributed by atoms with Crippen molar-refractivity contribution in [2.75, 3.05) is 5.73 Å². The Labute approximate surface area is 137 Å². The first kappa shape index (κ1) is 15.0. The van der Waals surface area contributed by atoms with Gasteiger partial charge in [0.15, 0.2) is 5.69 Å². The molecule has 0 aliphatic rings. The van der Waals surface area contributed by atoms with Crippen LogP contribution >= 0.6 is 22.9 Å². The lowest BCUT2D eigenvalue weighted by atomic mass is 10.1. The number of carbonyl (C=O) groups is 1. The zero-order chi connectivity index (χ0) is 15.7. The molecule has 0 fully saturated rings. The Bertz CT molecular complexity index is 840. The zero-order valence-corrected chi connectivity index (χ0v) is 13.7. The topological polar surface area (TPSA) is 57.2 Å². The maximum Gasteiger partial charge on any atom is 0.270 e. The number of fused-ring (bicyclic) bond motifs is 1. The van der Waals surface area contributed by atoms with Crippen LogP contribution in [0, 0.1) is 0 Å². The number of nitrogens with one attached hydrogen (secondary N) is 1. The largest absolute Gasteiger partial charge is 0.397 e.